The van der Waals surface area contributed by atoms with Crippen LogP contribution in [0.2, 0.25) is 0 Å². The lowest BCUT2D eigenvalue weighted by atomic mass is 9.78. The molecule has 5 nitrogen and oxygen atoms in total. The highest BCUT2D eigenvalue weighted by Crippen LogP contribution is 2.39. The van der Waals surface area contributed by atoms with E-state index in [4.69, 9.17) is 4.74 Å². The van der Waals surface area contributed by atoms with Crippen LogP contribution in [0, 0.1) is 18.8 Å². The lowest BCUT2D eigenvalue weighted by molar-refractivity contribution is -0.212. The molecule has 2 aliphatic rings. The monoisotopic (exact) mass is 553 g/mol. The quantitative estimate of drug-likeness (QED) is 0.296. The number of benzene rings is 2. The van der Waals surface area contributed by atoms with Crippen LogP contribution < -0.4 is 9.64 Å². The number of methoxy groups -OCH3 is 1. The van der Waals surface area contributed by atoms with Crippen molar-refractivity contribution in [2.75, 3.05) is 18.6 Å². The zero-order valence-electron chi connectivity index (χ0n) is 23.3. The number of hydrogen-bond acceptors (Lipinski definition) is 3. The number of rotatable bonds is 7. The van der Waals surface area contributed by atoms with Gasteiger partial charge in [-0.2, -0.15) is 9.78 Å². The number of ether oxygens (including phenoxy) is 1. The van der Waals surface area contributed by atoms with Gasteiger partial charge in [-0.1, -0.05) is 43.5 Å². The van der Waals surface area contributed by atoms with Crippen LogP contribution in [0.25, 0.3) is 11.1 Å². The van der Waals surface area contributed by atoms with Gasteiger partial charge in [-0.3, -0.25) is 4.79 Å². The maximum absolute atomic E-state index is 13.9. The molecule has 2 aliphatic carbocycles. The molecule has 1 aromatic heterocycles. The highest BCUT2D eigenvalue weighted by atomic mass is 19.4. The summed E-state index contributed by atoms with van der Waals surface area (Å²) in [5, 5.41) is 3.49. The van der Waals surface area contributed by atoms with E-state index in [0.717, 1.165) is 81.0 Å². The van der Waals surface area contributed by atoms with Gasteiger partial charge in [0.1, 0.15) is 5.75 Å². The van der Waals surface area contributed by atoms with Crippen LogP contribution in [0.3, 0.4) is 0 Å². The zero-order valence-corrected chi connectivity index (χ0v) is 23.3. The Balaban J connectivity index is 1.34. The van der Waals surface area contributed by atoms with Gasteiger partial charge in [0, 0.05) is 29.9 Å². The van der Waals surface area contributed by atoms with Crippen LogP contribution in [0.15, 0.2) is 54.9 Å². The van der Waals surface area contributed by atoms with E-state index in [1.807, 2.05) is 29.2 Å². The molecule has 0 saturated heterocycles. The third-order valence-corrected chi connectivity index (χ3v) is 8.73. The summed E-state index contributed by atoms with van der Waals surface area (Å²) in [5.41, 5.74) is 4.24. The Labute approximate surface area is 234 Å². The molecule has 0 aliphatic heterocycles. The van der Waals surface area contributed by atoms with E-state index in [2.05, 4.69) is 24.2 Å². The molecule has 2 saturated carbocycles. The summed E-state index contributed by atoms with van der Waals surface area (Å²) in [6.45, 7) is 2.71. The van der Waals surface area contributed by atoms with E-state index >= 15 is 0 Å². The number of carbonyl (C=O) groups is 1. The SMILES string of the molecule is COc1ccc(C2CCC(CN(C(=O)C3CCCCC3)c3cccc(-c4cnn(C(F)(F)F)c4)c3)CC2)cc1C. The molecule has 3 aromatic rings. The molecular formula is C32H38F3N3O2. The molecule has 40 heavy (non-hydrogen) atoms. The van der Waals surface area contributed by atoms with Crippen LogP contribution in [-0.2, 0) is 11.1 Å². The van der Waals surface area contributed by atoms with Crippen molar-refractivity contribution in [3.05, 3.63) is 66.0 Å². The number of nitrogens with zero attached hydrogens (tertiary/aromatic N) is 3. The zero-order chi connectivity index (χ0) is 28.3. The molecule has 2 aromatic carbocycles. The lowest BCUT2D eigenvalue weighted by Crippen LogP contribution is -2.41. The Morgan fingerprint density at radius 3 is 2.40 bits per heavy atom. The summed E-state index contributed by atoms with van der Waals surface area (Å²) in [6.07, 6.45) is 6.94. The van der Waals surface area contributed by atoms with Gasteiger partial charge < -0.3 is 9.64 Å². The number of hydrogen-bond donors (Lipinski definition) is 0. The van der Waals surface area contributed by atoms with Gasteiger partial charge >= 0.3 is 6.30 Å². The fourth-order valence-electron chi connectivity index (χ4n) is 6.45. The summed E-state index contributed by atoms with van der Waals surface area (Å²) >= 11 is 0. The molecule has 0 spiro atoms. The van der Waals surface area contributed by atoms with Crippen molar-refractivity contribution >= 4 is 11.6 Å². The highest BCUT2D eigenvalue weighted by Gasteiger charge is 2.33. The second kappa shape index (κ2) is 12.1. The molecule has 2 fully saturated rings. The summed E-state index contributed by atoms with van der Waals surface area (Å²) in [4.78, 5) is 15.8. The van der Waals surface area contributed by atoms with E-state index in [1.165, 1.54) is 11.8 Å². The Morgan fingerprint density at radius 1 is 1.00 bits per heavy atom. The summed E-state index contributed by atoms with van der Waals surface area (Å²) in [7, 11) is 1.69. The molecular weight excluding hydrogens is 515 g/mol. The van der Waals surface area contributed by atoms with Crippen LogP contribution in [0.5, 0.6) is 5.75 Å². The Kier molecular flexibility index (Phi) is 8.52. The van der Waals surface area contributed by atoms with Gasteiger partial charge in [0.05, 0.1) is 13.3 Å². The predicted molar refractivity (Wildman–Crippen MR) is 150 cm³/mol. The van der Waals surface area contributed by atoms with Crippen LogP contribution in [-0.4, -0.2) is 29.3 Å². The van der Waals surface area contributed by atoms with Crippen molar-refractivity contribution in [2.45, 2.75) is 76.9 Å². The number of anilines is 1. The van der Waals surface area contributed by atoms with Crippen molar-refractivity contribution in [1.82, 2.24) is 9.78 Å². The average Bonchev–Trinajstić information content (AvgIpc) is 3.48. The van der Waals surface area contributed by atoms with Crippen molar-refractivity contribution in [1.29, 1.82) is 0 Å². The first kappa shape index (κ1) is 28.2. The van der Waals surface area contributed by atoms with E-state index in [9.17, 15) is 18.0 Å². The van der Waals surface area contributed by atoms with E-state index in [-0.39, 0.29) is 16.5 Å². The highest BCUT2D eigenvalue weighted by molar-refractivity contribution is 5.95. The first-order valence-corrected chi connectivity index (χ1v) is 14.4. The van der Waals surface area contributed by atoms with Gasteiger partial charge in [-0.05, 0) is 92.2 Å². The van der Waals surface area contributed by atoms with Gasteiger partial charge in [-0.15, -0.1) is 13.2 Å². The lowest BCUT2D eigenvalue weighted by Gasteiger charge is -2.35. The normalized spacial score (nSPS) is 20.3. The average molecular weight is 554 g/mol. The minimum atomic E-state index is -4.57. The number of halogens is 3. The second-order valence-electron chi connectivity index (χ2n) is 11.4. The van der Waals surface area contributed by atoms with Crippen LogP contribution >= 0.6 is 0 Å². The predicted octanol–water partition coefficient (Wildman–Crippen LogP) is 8.23. The number of amides is 1. The Morgan fingerprint density at radius 2 is 1.75 bits per heavy atom. The molecule has 1 heterocycles. The van der Waals surface area contributed by atoms with Gasteiger partial charge in [0.25, 0.3) is 0 Å². The summed E-state index contributed by atoms with van der Waals surface area (Å²) in [6, 6.07) is 13.8. The van der Waals surface area contributed by atoms with E-state index < -0.39 is 6.30 Å². The minimum absolute atomic E-state index is 0.00370. The number of alkyl halides is 3. The summed E-state index contributed by atoms with van der Waals surface area (Å²) in [5.74, 6) is 1.93. The molecule has 5 rings (SSSR count). The third kappa shape index (κ3) is 6.37. The second-order valence-corrected chi connectivity index (χ2v) is 11.4. The molecule has 0 unspecified atom stereocenters. The molecule has 0 N–H and O–H groups in total. The topological polar surface area (TPSA) is 47.4 Å². The van der Waals surface area contributed by atoms with Crippen molar-refractivity contribution in [2.24, 2.45) is 11.8 Å². The van der Waals surface area contributed by atoms with Crippen molar-refractivity contribution in [3.63, 3.8) is 0 Å². The van der Waals surface area contributed by atoms with Crippen molar-refractivity contribution in [3.8, 4) is 16.9 Å². The number of aryl methyl sites for hydroxylation is 1. The molecule has 1 amide bonds. The van der Waals surface area contributed by atoms with Gasteiger partial charge in [0.2, 0.25) is 5.91 Å². The fraction of sp³-hybridized carbons (Fsp3) is 0.500. The van der Waals surface area contributed by atoms with Gasteiger partial charge in [0.15, 0.2) is 0 Å². The first-order chi connectivity index (χ1) is 19.2. The molecule has 0 atom stereocenters. The van der Waals surface area contributed by atoms with Crippen LogP contribution in [0.1, 0.15) is 74.8 Å². The van der Waals surface area contributed by atoms with E-state index in [0.29, 0.717) is 29.5 Å². The maximum atomic E-state index is 13.9. The summed E-state index contributed by atoms with van der Waals surface area (Å²) < 4.78 is 44.8. The Bertz CT molecular complexity index is 1300. The maximum Gasteiger partial charge on any atom is 0.504 e. The van der Waals surface area contributed by atoms with Gasteiger partial charge in [-0.25, -0.2) is 0 Å². The first-order valence-electron chi connectivity index (χ1n) is 14.4. The molecule has 8 heteroatoms. The van der Waals surface area contributed by atoms with Crippen molar-refractivity contribution < 1.29 is 22.7 Å². The molecule has 0 radical (unpaired) electrons. The number of carbonyl (C=O) groups excluding carboxylic acids is 1. The third-order valence-electron chi connectivity index (χ3n) is 8.73. The fourth-order valence-corrected chi connectivity index (χ4v) is 6.45. The number of aromatic nitrogens is 2. The molecule has 0 bridgehead atoms. The Hall–Kier alpha value is -3.29. The standard InChI is InChI=1S/C32H38F3N3O2/c1-22-17-27(15-16-30(22)40-2)24-13-11-23(12-14-24)20-37(31(39)25-7-4-3-5-8-25)29-10-6-9-26(18-29)28-19-36-38(21-28)32(33,34)35/h6,9-10,15-19,21,23-25H,3-5,7-8,11-14,20H2,1-2H3. The smallest absolute Gasteiger partial charge is 0.496 e. The van der Waals surface area contributed by atoms with Crippen LogP contribution in [0.4, 0.5) is 18.9 Å². The van der Waals surface area contributed by atoms with E-state index in [1.54, 1.807) is 13.2 Å². The molecule has 214 valence electrons. The largest absolute Gasteiger partial charge is 0.504 e. The minimum Gasteiger partial charge on any atom is -0.496 e.